The predicted molar refractivity (Wildman–Crippen MR) is 87.7 cm³/mol. The fourth-order valence-corrected chi connectivity index (χ4v) is 2.36. The molecule has 1 rings (SSSR count). The molecule has 1 atom stereocenters. The standard InChI is InChI=1S/C13H17IN2OS/c1-3-4-10(12(15)18)13(17)16-11-7-9(14)6-5-8(11)2/h5-7,10H,3-4H2,1-2H3,(H2,15,18)(H,16,17). The Labute approximate surface area is 127 Å². The third-order valence-electron chi connectivity index (χ3n) is 2.69. The zero-order chi connectivity index (χ0) is 13.7. The highest BCUT2D eigenvalue weighted by Gasteiger charge is 2.20. The first-order chi connectivity index (χ1) is 8.45. The predicted octanol–water partition coefficient (Wildman–Crippen LogP) is 3.24. The molecule has 18 heavy (non-hydrogen) atoms. The number of rotatable bonds is 5. The third-order valence-corrected chi connectivity index (χ3v) is 3.65. The number of nitrogens with one attached hydrogen (secondary N) is 1. The van der Waals surface area contributed by atoms with E-state index in [9.17, 15) is 4.79 Å². The molecule has 0 aromatic heterocycles. The summed E-state index contributed by atoms with van der Waals surface area (Å²) in [5.74, 6) is -0.503. The summed E-state index contributed by atoms with van der Waals surface area (Å²) in [4.78, 5) is 12.4. The van der Waals surface area contributed by atoms with E-state index in [1.54, 1.807) is 0 Å². The molecule has 0 radical (unpaired) electrons. The van der Waals surface area contributed by atoms with E-state index in [4.69, 9.17) is 18.0 Å². The SMILES string of the molecule is CCCC(C(=O)Nc1cc(I)ccc1C)C(N)=S. The molecule has 0 saturated heterocycles. The molecule has 3 nitrogen and oxygen atoms in total. The molecule has 1 unspecified atom stereocenters. The highest BCUT2D eigenvalue weighted by molar-refractivity contribution is 14.1. The number of hydrogen-bond donors (Lipinski definition) is 2. The molecule has 5 heteroatoms. The monoisotopic (exact) mass is 376 g/mol. The Bertz CT molecular complexity index is 462. The van der Waals surface area contributed by atoms with Crippen LogP contribution in [0.1, 0.15) is 25.3 Å². The van der Waals surface area contributed by atoms with Crippen molar-refractivity contribution >= 4 is 51.4 Å². The summed E-state index contributed by atoms with van der Waals surface area (Å²) in [6.07, 6.45) is 1.56. The lowest BCUT2D eigenvalue weighted by Crippen LogP contribution is -2.33. The molecule has 98 valence electrons. The quantitative estimate of drug-likeness (QED) is 0.613. The first-order valence-corrected chi connectivity index (χ1v) is 7.30. The number of hydrogen-bond acceptors (Lipinski definition) is 2. The Balaban J connectivity index is 2.85. The fourth-order valence-electron chi connectivity index (χ4n) is 1.64. The largest absolute Gasteiger partial charge is 0.393 e. The second-order valence-corrected chi connectivity index (χ2v) is 5.91. The first-order valence-electron chi connectivity index (χ1n) is 5.82. The molecule has 3 N–H and O–H groups in total. The first kappa shape index (κ1) is 15.4. The smallest absolute Gasteiger partial charge is 0.234 e. The number of anilines is 1. The molecule has 1 aromatic carbocycles. The van der Waals surface area contributed by atoms with E-state index in [-0.39, 0.29) is 16.8 Å². The van der Waals surface area contributed by atoms with E-state index >= 15 is 0 Å². The maximum Gasteiger partial charge on any atom is 0.234 e. The molecule has 0 bridgehead atoms. The van der Waals surface area contributed by atoms with Gasteiger partial charge < -0.3 is 11.1 Å². The van der Waals surface area contributed by atoms with E-state index in [1.165, 1.54) is 0 Å². The summed E-state index contributed by atoms with van der Waals surface area (Å²) in [6, 6.07) is 5.92. The average molecular weight is 376 g/mol. The Morgan fingerprint density at radius 2 is 2.22 bits per heavy atom. The molecule has 1 amide bonds. The van der Waals surface area contributed by atoms with Gasteiger partial charge in [-0.2, -0.15) is 0 Å². The van der Waals surface area contributed by atoms with Gasteiger partial charge >= 0.3 is 0 Å². The number of benzene rings is 1. The van der Waals surface area contributed by atoms with Crippen molar-refractivity contribution in [3.05, 3.63) is 27.3 Å². The van der Waals surface area contributed by atoms with Gasteiger partial charge in [0.05, 0.1) is 10.9 Å². The van der Waals surface area contributed by atoms with Crippen LogP contribution in [0.5, 0.6) is 0 Å². The fraction of sp³-hybridized carbons (Fsp3) is 0.385. The third kappa shape index (κ3) is 4.20. The van der Waals surface area contributed by atoms with Crippen molar-refractivity contribution in [1.82, 2.24) is 0 Å². The average Bonchev–Trinajstić information content (AvgIpc) is 2.30. The number of amides is 1. The van der Waals surface area contributed by atoms with Crippen LogP contribution in [0.3, 0.4) is 0 Å². The van der Waals surface area contributed by atoms with Gasteiger partial charge in [0, 0.05) is 9.26 Å². The zero-order valence-corrected chi connectivity index (χ0v) is 13.5. The number of halogens is 1. The van der Waals surface area contributed by atoms with Crippen LogP contribution in [-0.2, 0) is 4.79 Å². The number of aryl methyl sites for hydroxylation is 1. The van der Waals surface area contributed by atoms with Gasteiger partial charge in [0.2, 0.25) is 5.91 Å². The lowest BCUT2D eigenvalue weighted by atomic mass is 10.0. The van der Waals surface area contributed by atoms with Crippen LogP contribution in [0.4, 0.5) is 5.69 Å². The number of carbonyl (C=O) groups is 1. The van der Waals surface area contributed by atoms with Crippen LogP contribution in [0.25, 0.3) is 0 Å². The molecular formula is C13H17IN2OS. The van der Waals surface area contributed by atoms with Crippen molar-refractivity contribution < 1.29 is 4.79 Å². The van der Waals surface area contributed by atoms with Crippen LogP contribution < -0.4 is 11.1 Å². The summed E-state index contributed by atoms with van der Waals surface area (Å²) >= 11 is 7.16. The lowest BCUT2D eigenvalue weighted by molar-refractivity contribution is -0.118. The van der Waals surface area contributed by atoms with Gasteiger partial charge in [-0.05, 0) is 53.6 Å². The number of nitrogens with two attached hydrogens (primary N) is 1. The van der Waals surface area contributed by atoms with Gasteiger partial charge in [-0.15, -0.1) is 0 Å². The molecule has 0 saturated carbocycles. The minimum absolute atomic E-state index is 0.116. The highest BCUT2D eigenvalue weighted by Crippen LogP contribution is 2.20. The maximum absolute atomic E-state index is 12.1. The molecule has 0 fully saturated rings. The molecule has 0 heterocycles. The Hall–Kier alpha value is -0.690. The van der Waals surface area contributed by atoms with Crippen LogP contribution in [0, 0.1) is 16.4 Å². The van der Waals surface area contributed by atoms with Crippen LogP contribution in [0.15, 0.2) is 18.2 Å². The molecule has 0 aliphatic heterocycles. The van der Waals surface area contributed by atoms with Crippen molar-refractivity contribution in [3.8, 4) is 0 Å². The summed E-state index contributed by atoms with van der Waals surface area (Å²) in [6.45, 7) is 3.97. The van der Waals surface area contributed by atoms with E-state index in [2.05, 4.69) is 27.9 Å². The van der Waals surface area contributed by atoms with Gasteiger partial charge in [-0.25, -0.2) is 0 Å². The molecule has 0 aliphatic carbocycles. The van der Waals surface area contributed by atoms with Gasteiger partial charge in [-0.3, -0.25) is 4.79 Å². The van der Waals surface area contributed by atoms with Crippen molar-refractivity contribution in [1.29, 1.82) is 0 Å². The molecular weight excluding hydrogens is 359 g/mol. The van der Waals surface area contributed by atoms with Gasteiger partial charge in [-0.1, -0.05) is 31.6 Å². The molecule has 1 aromatic rings. The maximum atomic E-state index is 12.1. The van der Waals surface area contributed by atoms with Gasteiger partial charge in [0.25, 0.3) is 0 Å². The lowest BCUT2D eigenvalue weighted by Gasteiger charge is -2.16. The van der Waals surface area contributed by atoms with Crippen molar-refractivity contribution in [2.75, 3.05) is 5.32 Å². The Morgan fingerprint density at radius 1 is 1.56 bits per heavy atom. The van der Waals surface area contributed by atoms with E-state index in [0.717, 1.165) is 21.2 Å². The minimum atomic E-state index is -0.387. The van der Waals surface area contributed by atoms with Crippen molar-refractivity contribution in [2.24, 2.45) is 11.7 Å². The Morgan fingerprint density at radius 3 is 2.78 bits per heavy atom. The Kier molecular flexibility index (Phi) is 6.01. The number of carbonyl (C=O) groups excluding carboxylic acids is 1. The summed E-state index contributed by atoms with van der Waals surface area (Å²) in [5, 5.41) is 2.91. The normalized spacial score (nSPS) is 11.9. The van der Waals surface area contributed by atoms with Crippen LogP contribution >= 0.6 is 34.8 Å². The molecule has 0 aliphatic rings. The summed E-state index contributed by atoms with van der Waals surface area (Å²) in [5.41, 5.74) is 7.47. The van der Waals surface area contributed by atoms with Gasteiger partial charge in [0.1, 0.15) is 0 Å². The second kappa shape index (κ2) is 7.04. The van der Waals surface area contributed by atoms with Crippen molar-refractivity contribution in [2.45, 2.75) is 26.7 Å². The van der Waals surface area contributed by atoms with Crippen LogP contribution in [-0.4, -0.2) is 10.9 Å². The van der Waals surface area contributed by atoms with Gasteiger partial charge in [0.15, 0.2) is 0 Å². The topological polar surface area (TPSA) is 55.1 Å². The second-order valence-electron chi connectivity index (χ2n) is 4.19. The minimum Gasteiger partial charge on any atom is -0.393 e. The van der Waals surface area contributed by atoms with E-state index < -0.39 is 0 Å². The zero-order valence-electron chi connectivity index (χ0n) is 10.5. The number of thiocarbonyl (C=S) groups is 1. The highest BCUT2D eigenvalue weighted by atomic mass is 127. The summed E-state index contributed by atoms with van der Waals surface area (Å²) < 4.78 is 1.08. The van der Waals surface area contributed by atoms with Crippen molar-refractivity contribution in [3.63, 3.8) is 0 Å². The molecule has 0 spiro atoms. The van der Waals surface area contributed by atoms with Crippen LogP contribution in [0.2, 0.25) is 0 Å². The van der Waals surface area contributed by atoms with E-state index in [0.29, 0.717) is 6.42 Å². The summed E-state index contributed by atoms with van der Waals surface area (Å²) in [7, 11) is 0. The van der Waals surface area contributed by atoms with E-state index in [1.807, 2.05) is 32.0 Å².